The number of hydrogen-bond donors (Lipinski definition) is 0. The number of esters is 3. The Balaban J connectivity index is 4.29. The zero-order valence-electron chi connectivity index (χ0n) is 40.9. The van der Waals surface area contributed by atoms with Crippen molar-refractivity contribution in [3.05, 3.63) is 24.3 Å². The molecule has 0 amide bonds. The number of ether oxygens (including phenoxy) is 3. The Bertz CT molecular complexity index is 989. The van der Waals surface area contributed by atoms with Crippen molar-refractivity contribution >= 4 is 17.9 Å². The van der Waals surface area contributed by atoms with Crippen molar-refractivity contribution < 1.29 is 28.6 Å². The molecule has 0 aromatic heterocycles. The minimum atomic E-state index is -0.777. The molecule has 0 aliphatic heterocycles. The van der Waals surface area contributed by atoms with E-state index >= 15 is 0 Å². The molecule has 0 bridgehead atoms. The number of carbonyl (C=O) groups excluding carboxylic acids is 3. The van der Waals surface area contributed by atoms with Crippen LogP contribution in [0.2, 0.25) is 0 Å². The highest BCUT2D eigenvalue weighted by molar-refractivity contribution is 5.71. The van der Waals surface area contributed by atoms with Crippen molar-refractivity contribution in [3.63, 3.8) is 0 Å². The standard InChI is InChI=1S/C55H102O6/c1-4-7-10-13-16-19-22-24-25-26-27-28-29-31-33-36-39-42-45-48-54(57)60-51-52(50-59-53(56)47-44-41-38-35-32-21-18-15-12-9-6-3)61-55(58)49-46-43-40-37-34-30-23-20-17-14-11-8-5-2/h15,18,30,34,52H,4-14,16-17,19-29,31-33,35-51H2,1-3H3/b18-15-,34-30-. The van der Waals surface area contributed by atoms with Gasteiger partial charge in [0.1, 0.15) is 13.2 Å². The van der Waals surface area contributed by atoms with Crippen molar-refractivity contribution in [2.75, 3.05) is 13.2 Å². The minimum absolute atomic E-state index is 0.0761. The van der Waals surface area contributed by atoms with E-state index in [0.29, 0.717) is 19.3 Å². The van der Waals surface area contributed by atoms with Crippen LogP contribution in [0.3, 0.4) is 0 Å². The molecule has 0 heterocycles. The van der Waals surface area contributed by atoms with Crippen LogP contribution in [-0.2, 0) is 28.6 Å². The molecular formula is C55H102O6. The number of carbonyl (C=O) groups is 3. The zero-order valence-corrected chi connectivity index (χ0v) is 40.9. The Morgan fingerprint density at radius 1 is 0.311 bits per heavy atom. The van der Waals surface area contributed by atoms with Gasteiger partial charge >= 0.3 is 17.9 Å². The first kappa shape index (κ1) is 58.9. The summed E-state index contributed by atoms with van der Waals surface area (Å²) in [4.78, 5) is 37.9. The van der Waals surface area contributed by atoms with Gasteiger partial charge < -0.3 is 14.2 Å². The Morgan fingerprint density at radius 3 is 0.885 bits per heavy atom. The second kappa shape index (κ2) is 50.5. The summed E-state index contributed by atoms with van der Waals surface area (Å²) in [5.74, 6) is -0.889. The van der Waals surface area contributed by atoms with Gasteiger partial charge in [0.15, 0.2) is 6.10 Å². The second-order valence-electron chi connectivity index (χ2n) is 18.1. The van der Waals surface area contributed by atoms with E-state index in [4.69, 9.17) is 14.2 Å². The van der Waals surface area contributed by atoms with Gasteiger partial charge in [0.2, 0.25) is 0 Å². The van der Waals surface area contributed by atoms with Crippen LogP contribution >= 0.6 is 0 Å². The van der Waals surface area contributed by atoms with E-state index in [9.17, 15) is 14.4 Å². The van der Waals surface area contributed by atoms with E-state index in [0.717, 1.165) is 77.0 Å². The summed E-state index contributed by atoms with van der Waals surface area (Å²) in [5.41, 5.74) is 0. The molecule has 6 nitrogen and oxygen atoms in total. The van der Waals surface area contributed by atoms with Gasteiger partial charge in [0.05, 0.1) is 0 Å². The van der Waals surface area contributed by atoms with Crippen molar-refractivity contribution in [1.29, 1.82) is 0 Å². The molecule has 0 spiro atoms. The predicted octanol–water partition coefficient (Wildman–Crippen LogP) is 17.5. The van der Waals surface area contributed by atoms with Gasteiger partial charge in [-0.2, -0.15) is 0 Å². The number of rotatable bonds is 49. The first-order chi connectivity index (χ1) is 30.0. The molecule has 0 saturated carbocycles. The van der Waals surface area contributed by atoms with Crippen molar-refractivity contribution in [2.45, 2.75) is 297 Å². The van der Waals surface area contributed by atoms with Crippen molar-refractivity contribution in [2.24, 2.45) is 0 Å². The highest BCUT2D eigenvalue weighted by atomic mass is 16.6. The largest absolute Gasteiger partial charge is 0.462 e. The molecule has 0 aliphatic rings. The molecule has 0 fully saturated rings. The van der Waals surface area contributed by atoms with Gasteiger partial charge in [-0.3, -0.25) is 14.4 Å². The molecule has 0 rings (SSSR count). The van der Waals surface area contributed by atoms with Crippen LogP contribution in [0, 0.1) is 0 Å². The Morgan fingerprint density at radius 2 is 0.557 bits per heavy atom. The molecule has 0 radical (unpaired) electrons. The first-order valence-corrected chi connectivity index (χ1v) is 26.8. The summed E-state index contributed by atoms with van der Waals surface area (Å²) in [6.07, 6.45) is 57.4. The van der Waals surface area contributed by atoms with Crippen molar-refractivity contribution in [3.8, 4) is 0 Å². The van der Waals surface area contributed by atoms with E-state index in [1.54, 1.807) is 0 Å². The van der Waals surface area contributed by atoms with Crippen LogP contribution in [0.15, 0.2) is 24.3 Å². The van der Waals surface area contributed by atoms with Crippen LogP contribution in [0.5, 0.6) is 0 Å². The Hall–Kier alpha value is -2.11. The second-order valence-corrected chi connectivity index (χ2v) is 18.1. The van der Waals surface area contributed by atoms with Crippen LogP contribution in [0.4, 0.5) is 0 Å². The maximum atomic E-state index is 12.8. The molecule has 61 heavy (non-hydrogen) atoms. The quantitative estimate of drug-likeness (QED) is 0.0262. The molecule has 0 N–H and O–H groups in total. The molecule has 0 aromatic carbocycles. The molecule has 6 heteroatoms. The molecule has 0 saturated heterocycles. The number of unbranched alkanes of at least 4 members (excludes halogenated alkanes) is 34. The average molecular weight is 859 g/mol. The van der Waals surface area contributed by atoms with Gasteiger partial charge in [0.25, 0.3) is 0 Å². The Labute approximate surface area is 379 Å². The van der Waals surface area contributed by atoms with Crippen molar-refractivity contribution in [1.82, 2.24) is 0 Å². The third-order valence-corrected chi connectivity index (χ3v) is 11.9. The van der Waals surface area contributed by atoms with E-state index in [1.165, 1.54) is 173 Å². The average Bonchev–Trinajstić information content (AvgIpc) is 3.26. The zero-order chi connectivity index (χ0) is 44.4. The summed E-state index contributed by atoms with van der Waals surface area (Å²) in [7, 11) is 0. The summed E-state index contributed by atoms with van der Waals surface area (Å²) < 4.78 is 16.8. The van der Waals surface area contributed by atoms with Gasteiger partial charge in [-0.15, -0.1) is 0 Å². The third kappa shape index (κ3) is 48.8. The van der Waals surface area contributed by atoms with Crippen LogP contribution in [0.1, 0.15) is 290 Å². The summed E-state index contributed by atoms with van der Waals surface area (Å²) in [5, 5.41) is 0. The predicted molar refractivity (Wildman–Crippen MR) is 261 cm³/mol. The fraction of sp³-hybridized carbons (Fsp3) is 0.873. The molecule has 1 atom stereocenters. The van der Waals surface area contributed by atoms with E-state index < -0.39 is 6.10 Å². The maximum absolute atomic E-state index is 12.8. The first-order valence-electron chi connectivity index (χ1n) is 26.8. The minimum Gasteiger partial charge on any atom is -0.462 e. The van der Waals surface area contributed by atoms with Crippen LogP contribution in [-0.4, -0.2) is 37.2 Å². The fourth-order valence-corrected chi connectivity index (χ4v) is 7.83. The Kier molecular flexibility index (Phi) is 48.8. The van der Waals surface area contributed by atoms with Gasteiger partial charge in [-0.1, -0.05) is 231 Å². The van der Waals surface area contributed by atoms with Gasteiger partial charge in [0, 0.05) is 19.3 Å². The number of allylic oxidation sites excluding steroid dienone is 4. The monoisotopic (exact) mass is 859 g/mol. The lowest BCUT2D eigenvalue weighted by Gasteiger charge is -2.18. The van der Waals surface area contributed by atoms with Crippen LogP contribution < -0.4 is 0 Å². The molecular weight excluding hydrogens is 757 g/mol. The normalized spacial score (nSPS) is 12.1. The molecule has 358 valence electrons. The highest BCUT2D eigenvalue weighted by Gasteiger charge is 2.19. The SMILES string of the molecule is CCCC/C=C\CCCCCCCC(=O)OCC(COC(=O)CCCCCCCCCCCCCCCCCCCCC)OC(=O)CCCCC/C=C\CCCCCCCC. The third-order valence-electron chi connectivity index (χ3n) is 11.9. The maximum Gasteiger partial charge on any atom is 0.306 e. The topological polar surface area (TPSA) is 78.9 Å². The summed E-state index contributed by atoms with van der Waals surface area (Å²) in [6, 6.07) is 0. The fourth-order valence-electron chi connectivity index (χ4n) is 7.83. The lowest BCUT2D eigenvalue weighted by molar-refractivity contribution is -0.167. The number of hydrogen-bond acceptors (Lipinski definition) is 6. The van der Waals surface area contributed by atoms with Crippen LogP contribution in [0.25, 0.3) is 0 Å². The van der Waals surface area contributed by atoms with E-state index in [-0.39, 0.29) is 31.1 Å². The molecule has 0 aromatic rings. The molecule has 0 aliphatic carbocycles. The molecule has 1 unspecified atom stereocenters. The summed E-state index contributed by atoms with van der Waals surface area (Å²) >= 11 is 0. The lowest BCUT2D eigenvalue weighted by atomic mass is 10.0. The highest BCUT2D eigenvalue weighted by Crippen LogP contribution is 2.16. The van der Waals surface area contributed by atoms with Gasteiger partial charge in [-0.05, 0) is 64.2 Å². The van der Waals surface area contributed by atoms with E-state index in [2.05, 4.69) is 45.1 Å². The van der Waals surface area contributed by atoms with E-state index in [1.807, 2.05) is 0 Å². The lowest BCUT2D eigenvalue weighted by Crippen LogP contribution is -2.30. The van der Waals surface area contributed by atoms with Gasteiger partial charge in [-0.25, -0.2) is 0 Å². The summed E-state index contributed by atoms with van der Waals surface area (Å²) in [6.45, 7) is 6.60. The smallest absolute Gasteiger partial charge is 0.306 e.